The maximum atomic E-state index is 13.0. The molecule has 0 radical (unpaired) electrons. The fourth-order valence-corrected chi connectivity index (χ4v) is 3.01. The lowest BCUT2D eigenvalue weighted by molar-refractivity contribution is -0.189. The van der Waals surface area contributed by atoms with Crippen LogP contribution >= 0.6 is 15.9 Å². The van der Waals surface area contributed by atoms with Crippen LogP contribution in [0.2, 0.25) is 0 Å². The van der Waals surface area contributed by atoms with Crippen molar-refractivity contribution in [3.63, 3.8) is 0 Å². The van der Waals surface area contributed by atoms with Crippen LogP contribution in [0.15, 0.2) is 21.2 Å². The molecule has 0 spiro atoms. The van der Waals surface area contributed by atoms with E-state index in [0.29, 0.717) is 23.3 Å². The molecule has 0 aliphatic heterocycles. The van der Waals surface area contributed by atoms with E-state index in [9.17, 15) is 13.2 Å². The first-order valence-electron chi connectivity index (χ1n) is 6.46. The molecular weight excluding hydrogens is 323 g/mol. The maximum absolute atomic E-state index is 13.0. The quantitative estimate of drug-likeness (QED) is 0.854. The molecule has 3 atom stereocenters. The van der Waals surface area contributed by atoms with Crippen LogP contribution in [-0.4, -0.2) is 12.2 Å². The van der Waals surface area contributed by atoms with Gasteiger partial charge < -0.3 is 9.73 Å². The molecule has 0 aromatic carbocycles. The molecule has 0 saturated heterocycles. The first-order valence-corrected chi connectivity index (χ1v) is 7.25. The fourth-order valence-electron chi connectivity index (χ4n) is 2.69. The fraction of sp³-hybridized carbons (Fsp3) is 0.692. The number of nitrogens with one attached hydrogen (secondary N) is 1. The van der Waals surface area contributed by atoms with Crippen LogP contribution < -0.4 is 5.32 Å². The molecule has 6 heteroatoms. The van der Waals surface area contributed by atoms with Gasteiger partial charge in [0.1, 0.15) is 5.76 Å². The average Bonchev–Trinajstić information content (AvgIpc) is 2.75. The third-order valence-electron chi connectivity index (χ3n) is 3.67. The zero-order chi connectivity index (χ0) is 14.0. The minimum Gasteiger partial charge on any atom is -0.453 e. The normalized spacial score (nSPS) is 26.4. The number of halogens is 4. The third kappa shape index (κ3) is 3.75. The van der Waals surface area contributed by atoms with E-state index in [4.69, 9.17) is 4.42 Å². The molecular formula is C13H17BrF3NO. The molecule has 2 rings (SSSR count). The predicted molar refractivity (Wildman–Crippen MR) is 69.8 cm³/mol. The Morgan fingerprint density at radius 2 is 2.00 bits per heavy atom. The van der Waals surface area contributed by atoms with Gasteiger partial charge in [-0.25, -0.2) is 0 Å². The number of rotatable bonds is 3. The van der Waals surface area contributed by atoms with Gasteiger partial charge in [-0.1, -0.05) is 12.8 Å². The van der Waals surface area contributed by atoms with Gasteiger partial charge in [0.15, 0.2) is 4.67 Å². The molecule has 1 aromatic rings. The Bertz CT molecular complexity index is 418. The SMILES string of the molecule is CC(NC1CCCCC1C(F)(F)F)c1ccc(Br)o1. The van der Waals surface area contributed by atoms with Crippen LogP contribution in [0.5, 0.6) is 0 Å². The summed E-state index contributed by atoms with van der Waals surface area (Å²) in [6.45, 7) is 1.83. The van der Waals surface area contributed by atoms with Crippen molar-refractivity contribution in [3.05, 3.63) is 22.6 Å². The highest BCUT2D eigenvalue weighted by Gasteiger charge is 2.45. The average molecular weight is 340 g/mol. The highest BCUT2D eigenvalue weighted by Crippen LogP contribution is 2.38. The predicted octanol–water partition coefficient (Wildman–Crippen LogP) is 4.81. The van der Waals surface area contributed by atoms with Gasteiger partial charge in [-0.2, -0.15) is 13.2 Å². The second kappa shape index (κ2) is 5.87. The third-order valence-corrected chi connectivity index (χ3v) is 4.10. The highest BCUT2D eigenvalue weighted by atomic mass is 79.9. The molecule has 0 bridgehead atoms. The zero-order valence-corrected chi connectivity index (χ0v) is 12.2. The van der Waals surface area contributed by atoms with Crippen molar-refractivity contribution in [1.29, 1.82) is 0 Å². The van der Waals surface area contributed by atoms with E-state index < -0.39 is 18.1 Å². The summed E-state index contributed by atoms with van der Waals surface area (Å²) in [6, 6.07) is 2.77. The lowest BCUT2D eigenvalue weighted by Gasteiger charge is -2.35. The lowest BCUT2D eigenvalue weighted by Crippen LogP contribution is -2.46. The van der Waals surface area contributed by atoms with Gasteiger partial charge in [-0.15, -0.1) is 0 Å². The first kappa shape index (κ1) is 14.9. The number of alkyl halides is 3. The zero-order valence-electron chi connectivity index (χ0n) is 10.6. The molecule has 2 nitrogen and oxygen atoms in total. The van der Waals surface area contributed by atoms with E-state index in [1.165, 1.54) is 0 Å². The Morgan fingerprint density at radius 3 is 2.58 bits per heavy atom. The smallest absolute Gasteiger partial charge is 0.393 e. The minimum atomic E-state index is -4.12. The molecule has 108 valence electrons. The lowest BCUT2D eigenvalue weighted by atomic mass is 9.83. The largest absolute Gasteiger partial charge is 0.453 e. The minimum absolute atomic E-state index is 0.218. The van der Waals surface area contributed by atoms with Crippen molar-refractivity contribution in [2.75, 3.05) is 0 Å². The molecule has 1 fully saturated rings. The van der Waals surface area contributed by atoms with E-state index in [1.54, 1.807) is 12.1 Å². The Morgan fingerprint density at radius 1 is 1.32 bits per heavy atom. The molecule has 1 heterocycles. The van der Waals surface area contributed by atoms with Crippen molar-refractivity contribution < 1.29 is 17.6 Å². The van der Waals surface area contributed by atoms with Crippen LogP contribution in [0, 0.1) is 5.92 Å². The van der Waals surface area contributed by atoms with E-state index in [-0.39, 0.29) is 12.5 Å². The van der Waals surface area contributed by atoms with Gasteiger partial charge in [-0.3, -0.25) is 0 Å². The Balaban J connectivity index is 2.03. The van der Waals surface area contributed by atoms with Crippen molar-refractivity contribution >= 4 is 15.9 Å². The molecule has 19 heavy (non-hydrogen) atoms. The highest BCUT2D eigenvalue weighted by molar-refractivity contribution is 9.10. The summed E-state index contributed by atoms with van der Waals surface area (Å²) >= 11 is 3.19. The van der Waals surface area contributed by atoms with Gasteiger partial charge in [0, 0.05) is 6.04 Å². The second-order valence-electron chi connectivity index (χ2n) is 5.07. The number of hydrogen-bond acceptors (Lipinski definition) is 2. The maximum Gasteiger partial charge on any atom is 0.393 e. The van der Waals surface area contributed by atoms with Crippen LogP contribution in [0.25, 0.3) is 0 Å². The number of furan rings is 1. The standard InChI is InChI=1S/C13H17BrF3NO/c1-8(11-6-7-12(14)19-11)18-10-5-3-2-4-9(10)13(15,16)17/h6-10,18H,2-5H2,1H3. The van der Waals surface area contributed by atoms with E-state index in [2.05, 4.69) is 21.2 Å². The summed E-state index contributed by atoms with van der Waals surface area (Å²) in [7, 11) is 0. The second-order valence-corrected chi connectivity index (χ2v) is 5.85. The molecule has 1 N–H and O–H groups in total. The Kier molecular flexibility index (Phi) is 4.61. The molecule has 0 amide bonds. The van der Waals surface area contributed by atoms with E-state index in [0.717, 1.165) is 6.42 Å². The van der Waals surface area contributed by atoms with Gasteiger partial charge in [-0.05, 0) is 47.8 Å². The van der Waals surface area contributed by atoms with Gasteiger partial charge in [0.05, 0.1) is 12.0 Å². The summed E-state index contributed by atoms with van der Waals surface area (Å²) in [6.07, 6.45) is -1.84. The van der Waals surface area contributed by atoms with Crippen molar-refractivity contribution in [2.24, 2.45) is 5.92 Å². The molecule has 1 aliphatic carbocycles. The van der Waals surface area contributed by atoms with E-state index in [1.807, 2.05) is 6.92 Å². The topological polar surface area (TPSA) is 25.2 Å². The van der Waals surface area contributed by atoms with Gasteiger partial charge in [0.25, 0.3) is 0 Å². The molecule has 1 saturated carbocycles. The summed E-state index contributed by atoms with van der Waals surface area (Å²) in [4.78, 5) is 0. The monoisotopic (exact) mass is 339 g/mol. The molecule has 1 aliphatic rings. The van der Waals surface area contributed by atoms with Crippen molar-refractivity contribution in [3.8, 4) is 0 Å². The molecule has 1 aromatic heterocycles. The van der Waals surface area contributed by atoms with Crippen molar-refractivity contribution in [2.45, 2.75) is 50.9 Å². The van der Waals surface area contributed by atoms with E-state index >= 15 is 0 Å². The Labute approximate surface area is 118 Å². The first-order chi connectivity index (χ1) is 8.88. The van der Waals surface area contributed by atoms with Crippen LogP contribution in [0.1, 0.15) is 44.4 Å². The molecule has 3 unspecified atom stereocenters. The van der Waals surface area contributed by atoms with Crippen LogP contribution in [0.4, 0.5) is 13.2 Å². The summed E-state index contributed by atoms with van der Waals surface area (Å²) in [5.74, 6) is -0.597. The van der Waals surface area contributed by atoms with Crippen LogP contribution in [0.3, 0.4) is 0 Å². The van der Waals surface area contributed by atoms with Crippen molar-refractivity contribution in [1.82, 2.24) is 5.32 Å². The summed E-state index contributed by atoms with van der Waals surface area (Å²) < 4.78 is 44.9. The Hall–Kier alpha value is -0.490. The summed E-state index contributed by atoms with van der Waals surface area (Å²) in [5, 5.41) is 3.07. The van der Waals surface area contributed by atoms with Gasteiger partial charge >= 0.3 is 6.18 Å². The van der Waals surface area contributed by atoms with Gasteiger partial charge in [0.2, 0.25) is 0 Å². The summed E-state index contributed by atoms with van der Waals surface area (Å²) in [5.41, 5.74) is 0. The van der Waals surface area contributed by atoms with Crippen LogP contribution in [-0.2, 0) is 0 Å². The number of hydrogen-bond donors (Lipinski definition) is 1.